The Hall–Kier alpha value is -1.47. The normalized spacial score (nSPS) is 16.0. The predicted octanol–water partition coefficient (Wildman–Crippen LogP) is 3.51. The monoisotopic (exact) mass is 400 g/mol. The van der Waals surface area contributed by atoms with Gasteiger partial charge in [0.1, 0.15) is 10.6 Å². The van der Waals surface area contributed by atoms with Crippen molar-refractivity contribution >= 4 is 38.9 Å². The smallest absolute Gasteiger partial charge is 0.244 e. The van der Waals surface area contributed by atoms with Gasteiger partial charge in [-0.25, -0.2) is 8.42 Å². The molecule has 0 aliphatic carbocycles. The summed E-state index contributed by atoms with van der Waals surface area (Å²) < 4.78 is 32.5. The van der Waals surface area contributed by atoms with Gasteiger partial charge in [0.25, 0.3) is 0 Å². The van der Waals surface area contributed by atoms with Crippen LogP contribution >= 0.6 is 23.2 Å². The molecule has 25 heavy (non-hydrogen) atoms. The van der Waals surface area contributed by atoms with Gasteiger partial charge in [-0.1, -0.05) is 41.4 Å². The van der Waals surface area contributed by atoms with Gasteiger partial charge < -0.3 is 9.64 Å². The SMILES string of the molecule is COc1cc(S(=O)(=O)N2CCN(c3ccccc3)CC2)c(Cl)cc1Cl. The predicted molar refractivity (Wildman–Crippen MR) is 100 cm³/mol. The fourth-order valence-corrected chi connectivity index (χ4v) is 5.07. The van der Waals surface area contributed by atoms with Gasteiger partial charge in [-0.05, 0) is 18.2 Å². The first kappa shape index (κ1) is 18.3. The number of halogens is 2. The fourth-order valence-electron chi connectivity index (χ4n) is 2.83. The lowest BCUT2D eigenvalue weighted by Crippen LogP contribution is -2.48. The van der Waals surface area contributed by atoms with Crippen molar-refractivity contribution in [2.75, 3.05) is 38.2 Å². The number of rotatable bonds is 4. The Bertz CT molecular complexity index is 852. The molecular weight excluding hydrogens is 383 g/mol. The van der Waals surface area contributed by atoms with Crippen LogP contribution in [0, 0.1) is 0 Å². The zero-order valence-electron chi connectivity index (χ0n) is 13.7. The van der Waals surface area contributed by atoms with Crippen molar-refractivity contribution in [3.05, 3.63) is 52.5 Å². The first-order valence-corrected chi connectivity index (χ1v) is 9.96. The molecule has 0 atom stereocenters. The van der Waals surface area contributed by atoms with E-state index in [4.69, 9.17) is 27.9 Å². The number of ether oxygens (including phenoxy) is 1. The van der Waals surface area contributed by atoms with Crippen molar-refractivity contribution in [1.82, 2.24) is 4.31 Å². The molecule has 8 heteroatoms. The highest BCUT2D eigenvalue weighted by Gasteiger charge is 2.31. The van der Waals surface area contributed by atoms with Crippen LogP contribution in [0.25, 0.3) is 0 Å². The molecule has 134 valence electrons. The Balaban J connectivity index is 1.81. The summed E-state index contributed by atoms with van der Waals surface area (Å²) in [6.07, 6.45) is 0. The summed E-state index contributed by atoms with van der Waals surface area (Å²) in [6.45, 7) is 2.01. The Morgan fingerprint density at radius 1 is 0.960 bits per heavy atom. The number of hydrogen-bond donors (Lipinski definition) is 0. The molecule has 1 heterocycles. The molecule has 2 aromatic carbocycles. The lowest BCUT2D eigenvalue weighted by atomic mass is 10.2. The van der Waals surface area contributed by atoms with Crippen molar-refractivity contribution in [3.8, 4) is 5.75 Å². The second-order valence-corrected chi connectivity index (χ2v) is 8.36. The molecule has 2 aromatic rings. The maximum Gasteiger partial charge on any atom is 0.244 e. The third-order valence-corrected chi connectivity index (χ3v) is 6.84. The molecule has 0 spiro atoms. The van der Waals surface area contributed by atoms with Gasteiger partial charge in [0, 0.05) is 37.9 Å². The van der Waals surface area contributed by atoms with E-state index < -0.39 is 10.0 Å². The van der Waals surface area contributed by atoms with Crippen LogP contribution in [0.5, 0.6) is 5.75 Å². The summed E-state index contributed by atoms with van der Waals surface area (Å²) in [4.78, 5) is 2.18. The van der Waals surface area contributed by atoms with E-state index in [0.29, 0.717) is 26.2 Å². The number of piperazine rings is 1. The number of hydrogen-bond acceptors (Lipinski definition) is 4. The zero-order chi connectivity index (χ0) is 18.0. The summed E-state index contributed by atoms with van der Waals surface area (Å²) >= 11 is 12.1. The average molecular weight is 401 g/mol. The van der Waals surface area contributed by atoms with Crippen molar-refractivity contribution in [2.45, 2.75) is 4.90 Å². The van der Waals surface area contributed by atoms with Crippen molar-refractivity contribution < 1.29 is 13.2 Å². The first-order chi connectivity index (χ1) is 11.9. The van der Waals surface area contributed by atoms with Gasteiger partial charge in [0.2, 0.25) is 10.0 Å². The summed E-state index contributed by atoms with van der Waals surface area (Å²) in [5, 5.41) is 0.372. The molecule has 0 unspecified atom stereocenters. The third kappa shape index (κ3) is 3.72. The van der Waals surface area contributed by atoms with Crippen LogP contribution < -0.4 is 9.64 Å². The van der Waals surface area contributed by atoms with Crippen LogP contribution in [0.3, 0.4) is 0 Å². The van der Waals surface area contributed by atoms with Gasteiger partial charge in [0.05, 0.1) is 17.2 Å². The van der Waals surface area contributed by atoms with Crippen LogP contribution in [0.2, 0.25) is 10.0 Å². The van der Waals surface area contributed by atoms with Gasteiger partial charge in [0.15, 0.2) is 0 Å². The summed E-state index contributed by atoms with van der Waals surface area (Å²) in [7, 11) is -2.28. The molecule has 1 fully saturated rings. The minimum Gasteiger partial charge on any atom is -0.495 e. The van der Waals surface area contributed by atoms with Crippen LogP contribution in [0.15, 0.2) is 47.4 Å². The lowest BCUT2D eigenvalue weighted by molar-refractivity contribution is 0.383. The maximum absolute atomic E-state index is 13.0. The maximum atomic E-state index is 13.0. The third-order valence-electron chi connectivity index (χ3n) is 4.18. The fraction of sp³-hybridized carbons (Fsp3) is 0.294. The molecular formula is C17H18Cl2N2O3S. The topological polar surface area (TPSA) is 49.9 Å². The summed E-state index contributed by atoms with van der Waals surface area (Å²) in [5.74, 6) is 0.285. The van der Waals surface area contributed by atoms with E-state index in [-0.39, 0.29) is 20.7 Å². The van der Waals surface area contributed by atoms with E-state index in [2.05, 4.69) is 4.90 Å². The molecule has 1 saturated heterocycles. The molecule has 0 amide bonds. The highest BCUT2D eigenvalue weighted by atomic mass is 35.5. The Morgan fingerprint density at radius 2 is 1.60 bits per heavy atom. The second-order valence-electron chi connectivity index (χ2n) is 5.64. The highest BCUT2D eigenvalue weighted by Crippen LogP contribution is 2.35. The van der Waals surface area contributed by atoms with E-state index >= 15 is 0 Å². The standard InChI is InChI=1S/C17H18Cl2N2O3S/c1-24-16-12-17(15(19)11-14(16)18)25(22,23)21-9-7-20(8-10-21)13-5-3-2-4-6-13/h2-6,11-12H,7-10H2,1H3. The number of benzene rings is 2. The quantitative estimate of drug-likeness (QED) is 0.787. The highest BCUT2D eigenvalue weighted by molar-refractivity contribution is 7.89. The molecule has 0 bridgehead atoms. The van der Waals surface area contributed by atoms with Gasteiger partial charge >= 0.3 is 0 Å². The van der Waals surface area contributed by atoms with Crippen LogP contribution in [0.4, 0.5) is 5.69 Å². The number of anilines is 1. The van der Waals surface area contributed by atoms with E-state index in [9.17, 15) is 8.42 Å². The van der Waals surface area contributed by atoms with Gasteiger partial charge in [-0.3, -0.25) is 0 Å². The van der Waals surface area contributed by atoms with Crippen molar-refractivity contribution in [3.63, 3.8) is 0 Å². The Labute approximate surface area is 157 Å². The van der Waals surface area contributed by atoms with E-state index in [1.54, 1.807) is 0 Å². The van der Waals surface area contributed by atoms with Crippen molar-refractivity contribution in [1.29, 1.82) is 0 Å². The van der Waals surface area contributed by atoms with Gasteiger partial charge in [-0.2, -0.15) is 4.31 Å². The molecule has 0 N–H and O–H groups in total. The second kappa shape index (κ2) is 7.41. The Kier molecular flexibility index (Phi) is 5.43. The van der Waals surface area contributed by atoms with E-state index in [0.717, 1.165) is 5.69 Å². The largest absolute Gasteiger partial charge is 0.495 e. The lowest BCUT2D eigenvalue weighted by Gasteiger charge is -2.35. The number of nitrogens with zero attached hydrogens (tertiary/aromatic N) is 2. The summed E-state index contributed by atoms with van der Waals surface area (Å²) in [6, 6.07) is 12.7. The van der Waals surface area contributed by atoms with Crippen LogP contribution in [0.1, 0.15) is 0 Å². The number of sulfonamides is 1. The first-order valence-electron chi connectivity index (χ1n) is 7.76. The van der Waals surface area contributed by atoms with Gasteiger partial charge in [-0.15, -0.1) is 0 Å². The molecule has 5 nitrogen and oxygen atoms in total. The van der Waals surface area contributed by atoms with E-state index in [1.807, 2.05) is 30.3 Å². The molecule has 3 rings (SSSR count). The average Bonchev–Trinajstić information content (AvgIpc) is 2.62. The van der Waals surface area contributed by atoms with Crippen molar-refractivity contribution in [2.24, 2.45) is 0 Å². The summed E-state index contributed by atoms with van der Waals surface area (Å²) in [5.41, 5.74) is 1.09. The number of methoxy groups -OCH3 is 1. The Morgan fingerprint density at radius 3 is 2.20 bits per heavy atom. The minimum absolute atomic E-state index is 0.0172. The minimum atomic E-state index is -3.71. The van der Waals surface area contributed by atoms with Crippen LogP contribution in [-0.4, -0.2) is 46.0 Å². The van der Waals surface area contributed by atoms with Crippen LogP contribution in [-0.2, 0) is 10.0 Å². The zero-order valence-corrected chi connectivity index (χ0v) is 16.0. The molecule has 1 aliphatic heterocycles. The molecule has 0 radical (unpaired) electrons. The molecule has 0 aromatic heterocycles. The molecule has 0 saturated carbocycles. The molecule has 1 aliphatic rings. The number of para-hydroxylation sites is 1. The van der Waals surface area contributed by atoms with E-state index in [1.165, 1.54) is 23.5 Å².